The molecular formula is C17H17FN2O3S. The molecule has 1 saturated carbocycles. The van der Waals surface area contributed by atoms with E-state index in [4.69, 9.17) is 0 Å². The van der Waals surface area contributed by atoms with E-state index in [0.717, 1.165) is 18.9 Å². The highest BCUT2D eigenvalue weighted by Crippen LogP contribution is 2.37. The summed E-state index contributed by atoms with van der Waals surface area (Å²) >= 11 is 0. The number of anilines is 2. The van der Waals surface area contributed by atoms with Crippen LogP contribution >= 0.6 is 0 Å². The maximum Gasteiger partial charge on any atom is 0.261 e. The minimum absolute atomic E-state index is 0.0351. The van der Waals surface area contributed by atoms with Gasteiger partial charge in [0.25, 0.3) is 10.0 Å². The molecule has 126 valence electrons. The molecule has 1 fully saturated rings. The summed E-state index contributed by atoms with van der Waals surface area (Å²) in [4.78, 5) is 13.5. The number of carbonyl (C=O) groups excluding carboxylic acids is 1. The van der Waals surface area contributed by atoms with E-state index in [-0.39, 0.29) is 22.5 Å². The number of nitrogens with one attached hydrogen (secondary N) is 1. The third kappa shape index (κ3) is 3.41. The van der Waals surface area contributed by atoms with E-state index in [0.29, 0.717) is 5.69 Å². The first-order chi connectivity index (χ1) is 11.4. The van der Waals surface area contributed by atoms with Crippen LogP contribution in [0.25, 0.3) is 0 Å². The zero-order valence-corrected chi connectivity index (χ0v) is 13.9. The highest BCUT2D eigenvalue weighted by atomic mass is 32.2. The van der Waals surface area contributed by atoms with Crippen molar-refractivity contribution in [2.24, 2.45) is 0 Å². The molecule has 1 aliphatic rings. The van der Waals surface area contributed by atoms with Crippen molar-refractivity contribution in [1.29, 1.82) is 0 Å². The molecule has 1 N–H and O–H groups in total. The highest BCUT2D eigenvalue weighted by Gasteiger charge is 2.34. The van der Waals surface area contributed by atoms with Crippen LogP contribution in [-0.4, -0.2) is 20.4 Å². The van der Waals surface area contributed by atoms with Crippen molar-refractivity contribution >= 4 is 27.3 Å². The third-order valence-electron chi connectivity index (χ3n) is 3.77. The molecule has 24 heavy (non-hydrogen) atoms. The van der Waals surface area contributed by atoms with Crippen molar-refractivity contribution in [3.05, 3.63) is 54.3 Å². The van der Waals surface area contributed by atoms with Crippen molar-refractivity contribution in [2.45, 2.75) is 30.7 Å². The topological polar surface area (TPSA) is 66.5 Å². The van der Waals surface area contributed by atoms with Crippen molar-refractivity contribution < 1.29 is 17.6 Å². The molecule has 5 nitrogen and oxygen atoms in total. The predicted molar refractivity (Wildman–Crippen MR) is 89.8 cm³/mol. The molecule has 0 radical (unpaired) electrons. The summed E-state index contributed by atoms with van der Waals surface area (Å²) in [6.07, 6.45) is 1.70. The second kappa shape index (κ2) is 6.24. The van der Waals surface area contributed by atoms with Gasteiger partial charge in [-0.1, -0.05) is 18.2 Å². The number of carbonyl (C=O) groups is 1. The van der Waals surface area contributed by atoms with Crippen LogP contribution in [0.1, 0.15) is 19.8 Å². The zero-order chi connectivity index (χ0) is 17.3. The second-order valence-electron chi connectivity index (χ2n) is 5.70. The van der Waals surface area contributed by atoms with Gasteiger partial charge in [0, 0.05) is 19.0 Å². The number of rotatable bonds is 5. The summed E-state index contributed by atoms with van der Waals surface area (Å²) in [5.41, 5.74) is 0.423. The molecule has 0 spiro atoms. The first-order valence-corrected chi connectivity index (χ1v) is 9.04. The van der Waals surface area contributed by atoms with E-state index >= 15 is 0 Å². The summed E-state index contributed by atoms with van der Waals surface area (Å²) < 4.78 is 41.1. The number of amides is 1. The minimum atomic E-state index is -3.87. The fourth-order valence-corrected chi connectivity index (χ4v) is 3.65. The van der Waals surface area contributed by atoms with Gasteiger partial charge in [0.05, 0.1) is 16.3 Å². The van der Waals surface area contributed by atoms with Crippen LogP contribution < -0.4 is 9.62 Å². The largest absolute Gasteiger partial charge is 0.308 e. The van der Waals surface area contributed by atoms with E-state index in [1.807, 2.05) is 0 Å². The summed E-state index contributed by atoms with van der Waals surface area (Å²) in [6, 6.07) is 11.6. The van der Waals surface area contributed by atoms with Crippen LogP contribution in [0, 0.1) is 5.82 Å². The van der Waals surface area contributed by atoms with Gasteiger partial charge in [-0.15, -0.1) is 0 Å². The fourth-order valence-electron chi connectivity index (χ4n) is 2.56. The van der Waals surface area contributed by atoms with Gasteiger partial charge in [-0.25, -0.2) is 12.8 Å². The lowest BCUT2D eigenvalue weighted by molar-refractivity contribution is -0.116. The van der Waals surface area contributed by atoms with Gasteiger partial charge in [-0.05, 0) is 37.1 Å². The number of halogens is 1. The molecule has 1 aliphatic carbocycles. The maximum atomic E-state index is 13.7. The molecule has 3 rings (SSSR count). The monoisotopic (exact) mass is 348 g/mol. The third-order valence-corrected chi connectivity index (χ3v) is 5.15. The smallest absolute Gasteiger partial charge is 0.261 e. The normalized spacial score (nSPS) is 14.2. The number of benzene rings is 2. The van der Waals surface area contributed by atoms with Gasteiger partial charge in [0.2, 0.25) is 5.91 Å². The first-order valence-electron chi connectivity index (χ1n) is 7.56. The number of sulfonamides is 1. The summed E-state index contributed by atoms with van der Waals surface area (Å²) in [5.74, 6) is -0.784. The number of hydrogen-bond donors (Lipinski definition) is 1. The van der Waals surface area contributed by atoms with Crippen molar-refractivity contribution in [3.8, 4) is 0 Å². The van der Waals surface area contributed by atoms with Gasteiger partial charge in [-0.2, -0.15) is 0 Å². The SMILES string of the molecule is CC(=O)N(c1ccc(F)cc1NS(=O)(=O)c1ccccc1)C1CC1. The molecule has 0 saturated heterocycles. The van der Waals surface area contributed by atoms with Gasteiger partial charge >= 0.3 is 0 Å². The van der Waals surface area contributed by atoms with Crippen LogP contribution in [0.4, 0.5) is 15.8 Å². The molecule has 0 aromatic heterocycles. The summed E-state index contributed by atoms with van der Waals surface area (Å²) in [5, 5.41) is 0. The Balaban J connectivity index is 2.01. The Labute approximate surface area is 140 Å². The van der Waals surface area contributed by atoms with Gasteiger partial charge in [-0.3, -0.25) is 9.52 Å². The standard InChI is InChI=1S/C17H17FN2O3S/c1-12(21)20(14-8-9-14)17-10-7-13(18)11-16(17)19-24(22,23)15-5-3-2-4-6-15/h2-7,10-11,14,19H,8-9H2,1H3. The average Bonchev–Trinajstić information content (AvgIpc) is 3.35. The number of hydrogen-bond acceptors (Lipinski definition) is 3. The van der Waals surface area contributed by atoms with Gasteiger partial charge in [0.1, 0.15) is 5.82 Å². The molecule has 7 heteroatoms. The Morgan fingerprint density at radius 3 is 2.42 bits per heavy atom. The first kappa shape index (κ1) is 16.4. The Bertz CT molecular complexity index is 865. The van der Waals surface area contributed by atoms with Gasteiger partial charge in [0.15, 0.2) is 0 Å². The lowest BCUT2D eigenvalue weighted by Crippen LogP contribution is -2.31. The fraction of sp³-hybridized carbons (Fsp3) is 0.235. The lowest BCUT2D eigenvalue weighted by atomic mass is 10.2. The van der Waals surface area contributed by atoms with Crippen molar-refractivity contribution in [2.75, 3.05) is 9.62 Å². The Morgan fingerprint density at radius 1 is 1.17 bits per heavy atom. The number of nitrogens with zero attached hydrogens (tertiary/aromatic N) is 1. The van der Waals surface area contributed by atoms with E-state index < -0.39 is 15.8 Å². The van der Waals surface area contributed by atoms with E-state index in [1.54, 1.807) is 18.2 Å². The molecule has 0 atom stereocenters. The van der Waals surface area contributed by atoms with Crippen LogP contribution in [-0.2, 0) is 14.8 Å². The molecule has 0 aliphatic heterocycles. The highest BCUT2D eigenvalue weighted by molar-refractivity contribution is 7.92. The Kier molecular flexibility index (Phi) is 4.28. The van der Waals surface area contributed by atoms with Crippen LogP contribution in [0.15, 0.2) is 53.4 Å². The Morgan fingerprint density at radius 2 is 1.83 bits per heavy atom. The van der Waals surface area contributed by atoms with Gasteiger partial charge < -0.3 is 4.90 Å². The average molecular weight is 348 g/mol. The molecule has 0 heterocycles. The quantitative estimate of drug-likeness (QED) is 0.903. The molecule has 0 unspecified atom stereocenters. The van der Waals surface area contributed by atoms with Crippen LogP contribution in [0.3, 0.4) is 0 Å². The maximum absolute atomic E-state index is 13.7. The van der Waals surface area contributed by atoms with E-state index in [9.17, 15) is 17.6 Å². The molecule has 1 amide bonds. The second-order valence-corrected chi connectivity index (χ2v) is 7.38. The molecule has 2 aromatic carbocycles. The minimum Gasteiger partial charge on any atom is -0.308 e. The Hall–Kier alpha value is -2.41. The molecule has 0 bridgehead atoms. The van der Waals surface area contributed by atoms with E-state index in [1.165, 1.54) is 36.1 Å². The van der Waals surface area contributed by atoms with Crippen LogP contribution in [0.2, 0.25) is 0 Å². The molecule has 2 aromatic rings. The molecular weight excluding hydrogens is 331 g/mol. The lowest BCUT2D eigenvalue weighted by Gasteiger charge is -2.24. The zero-order valence-electron chi connectivity index (χ0n) is 13.1. The predicted octanol–water partition coefficient (Wildman–Crippen LogP) is 3.14. The van der Waals surface area contributed by atoms with Crippen LogP contribution in [0.5, 0.6) is 0 Å². The summed E-state index contributed by atoms with van der Waals surface area (Å²) in [6.45, 7) is 1.41. The summed E-state index contributed by atoms with van der Waals surface area (Å²) in [7, 11) is -3.87. The van der Waals surface area contributed by atoms with Crippen molar-refractivity contribution in [1.82, 2.24) is 0 Å². The van der Waals surface area contributed by atoms with Crippen molar-refractivity contribution in [3.63, 3.8) is 0 Å². The van der Waals surface area contributed by atoms with E-state index in [2.05, 4.69) is 4.72 Å².